The summed E-state index contributed by atoms with van der Waals surface area (Å²) in [6, 6.07) is 16.6. The Bertz CT molecular complexity index is 1230. The van der Waals surface area contributed by atoms with E-state index in [4.69, 9.17) is 0 Å². The van der Waals surface area contributed by atoms with Gasteiger partial charge in [0.2, 0.25) is 0 Å². The van der Waals surface area contributed by atoms with Gasteiger partial charge in [-0.1, -0.05) is 23.5 Å². The molecule has 0 saturated carbocycles. The molecule has 0 radical (unpaired) electrons. The first-order chi connectivity index (χ1) is 13.4. The van der Waals surface area contributed by atoms with Crippen molar-refractivity contribution in [3.8, 4) is 10.6 Å². The summed E-state index contributed by atoms with van der Waals surface area (Å²) in [5.41, 5.74) is 2.63. The van der Waals surface area contributed by atoms with Gasteiger partial charge in [-0.05, 0) is 55.5 Å². The van der Waals surface area contributed by atoms with Crippen molar-refractivity contribution in [1.29, 1.82) is 0 Å². The van der Waals surface area contributed by atoms with Crippen LogP contribution in [0.4, 0.5) is 5.69 Å². The number of benzene rings is 2. The molecule has 28 heavy (non-hydrogen) atoms. The lowest BCUT2D eigenvalue weighted by Gasteiger charge is -2.09. The van der Waals surface area contributed by atoms with Gasteiger partial charge in [-0.3, -0.25) is 9.52 Å². The summed E-state index contributed by atoms with van der Waals surface area (Å²) in [4.78, 5) is 21.1. The van der Waals surface area contributed by atoms with Crippen molar-refractivity contribution in [1.82, 2.24) is 9.97 Å². The summed E-state index contributed by atoms with van der Waals surface area (Å²) in [7, 11) is -3.74. The number of hydrogen-bond acceptors (Lipinski definition) is 6. The van der Waals surface area contributed by atoms with Crippen molar-refractivity contribution in [3.63, 3.8) is 0 Å². The highest BCUT2D eigenvalue weighted by atomic mass is 32.2. The van der Waals surface area contributed by atoms with Crippen molar-refractivity contribution < 1.29 is 13.2 Å². The monoisotopic (exact) mass is 409 g/mol. The van der Waals surface area contributed by atoms with Gasteiger partial charge in [-0.15, -0.1) is 0 Å². The van der Waals surface area contributed by atoms with Crippen LogP contribution in [0.1, 0.15) is 17.3 Å². The predicted octanol–water partition coefficient (Wildman–Crippen LogP) is 4.36. The number of carbonyl (C=O) groups excluding carboxylic acids is 1. The second kappa shape index (κ2) is 7.14. The molecule has 4 aromatic rings. The van der Waals surface area contributed by atoms with Crippen molar-refractivity contribution in [2.45, 2.75) is 11.8 Å². The smallest absolute Gasteiger partial charge is 0.261 e. The number of carbonyl (C=O) groups is 1. The molecule has 0 saturated heterocycles. The topological polar surface area (TPSA) is 89.0 Å². The molecule has 140 valence electrons. The summed E-state index contributed by atoms with van der Waals surface area (Å²) in [5.74, 6) is -0.113. The number of aromatic nitrogens is 2. The number of nitrogens with zero attached hydrogens (tertiary/aromatic N) is 2. The van der Waals surface area contributed by atoms with Crippen molar-refractivity contribution in [3.05, 3.63) is 72.4 Å². The van der Waals surface area contributed by atoms with E-state index in [1.165, 1.54) is 42.5 Å². The van der Waals surface area contributed by atoms with Crippen molar-refractivity contribution in [2.24, 2.45) is 0 Å². The Labute approximate surface area is 166 Å². The van der Waals surface area contributed by atoms with Crippen molar-refractivity contribution >= 4 is 43.2 Å². The number of anilines is 1. The average Bonchev–Trinajstić information content (AvgIpc) is 3.12. The van der Waals surface area contributed by atoms with Crippen molar-refractivity contribution in [2.75, 3.05) is 4.72 Å². The lowest BCUT2D eigenvalue weighted by Crippen LogP contribution is -2.13. The Kier molecular flexibility index (Phi) is 4.66. The maximum Gasteiger partial charge on any atom is 0.261 e. The molecule has 0 atom stereocenters. The molecule has 2 aromatic carbocycles. The first kappa shape index (κ1) is 18.3. The molecular formula is C20H15N3O3S2. The number of nitrogens with one attached hydrogen (secondary N) is 1. The van der Waals surface area contributed by atoms with Crippen LogP contribution in [-0.4, -0.2) is 24.2 Å². The summed E-state index contributed by atoms with van der Waals surface area (Å²) in [6.45, 7) is 1.44. The third-order valence-electron chi connectivity index (χ3n) is 4.12. The number of Topliss-reactive ketones (excluding diaryl/α,β-unsaturated/α-hetero) is 1. The quantitative estimate of drug-likeness (QED) is 0.495. The Hall–Kier alpha value is -3.10. The predicted molar refractivity (Wildman–Crippen MR) is 110 cm³/mol. The number of pyridine rings is 1. The highest BCUT2D eigenvalue weighted by Gasteiger charge is 2.15. The first-order valence-electron chi connectivity index (χ1n) is 8.38. The minimum Gasteiger partial charge on any atom is -0.295 e. The zero-order chi connectivity index (χ0) is 19.7. The second-order valence-corrected chi connectivity index (χ2v) is 8.77. The molecule has 0 aliphatic heterocycles. The highest BCUT2D eigenvalue weighted by molar-refractivity contribution is 7.92. The van der Waals surface area contributed by atoms with Crippen LogP contribution in [0.5, 0.6) is 0 Å². The van der Waals surface area contributed by atoms with E-state index in [-0.39, 0.29) is 10.7 Å². The number of rotatable bonds is 5. The normalized spacial score (nSPS) is 11.5. The standard InChI is InChI=1S/C20H15N3O3S2/c1-13(24)14-6-10-17(11-7-14)28(25,26)23-16-8-4-15(5-9-16)19-22-18-3-2-12-21-20(18)27-19/h2-12,23H,1H3. The SMILES string of the molecule is CC(=O)c1ccc(S(=O)(=O)Nc2ccc(-c3nc4cccnc4s3)cc2)cc1. The molecule has 0 fully saturated rings. The maximum absolute atomic E-state index is 12.5. The molecule has 2 heterocycles. The fourth-order valence-corrected chi connectivity index (χ4v) is 4.63. The molecule has 0 bridgehead atoms. The van der Waals surface area contributed by atoms with E-state index in [0.29, 0.717) is 11.3 Å². The summed E-state index contributed by atoms with van der Waals surface area (Å²) in [6.07, 6.45) is 1.73. The largest absolute Gasteiger partial charge is 0.295 e. The van der Waals surface area contributed by atoms with E-state index in [1.807, 2.05) is 24.3 Å². The number of hydrogen-bond donors (Lipinski definition) is 1. The van der Waals surface area contributed by atoms with E-state index in [2.05, 4.69) is 14.7 Å². The number of sulfonamides is 1. The van der Waals surface area contributed by atoms with Crippen LogP contribution in [-0.2, 0) is 10.0 Å². The van der Waals surface area contributed by atoms with Crippen LogP contribution < -0.4 is 4.72 Å². The maximum atomic E-state index is 12.5. The van der Waals surface area contributed by atoms with Gasteiger partial charge >= 0.3 is 0 Å². The fourth-order valence-electron chi connectivity index (χ4n) is 2.66. The van der Waals surface area contributed by atoms with Crippen LogP contribution in [0.15, 0.2) is 71.8 Å². The molecule has 8 heteroatoms. The first-order valence-corrected chi connectivity index (χ1v) is 10.7. The third kappa shape index (κ3) is 3.64. The van der Waals surface area contributed by atoms with Gasteiger partial charge in [0.1, 0.15) is 15.4 Å². The van der Waals surface area contributed by atoms with Gasteiger partial charge in [0.15, 0.2) is 5.78 Å². The van der Waals surface area contributed by atoms with E-state index in [0.717, 1.165) is 20.9 Å². The van der Waals surface area contributed by atoms with E-state index < -0.39 is 10.0 Å². The van der Waals surface area contributed by atoms with Gasteiger partial charge in [0.05, 0.1) is 4.90 Å². The Morgan fingerprint density at radius 1 is 1.00 bits per heavy atom. The van der Waals surface area contributed by atoms with Gasteiger partial charge in [0, 0.05) is 23.0 Å². The Morgan fingerprint density at radius 2 is 1.71 bits per heavy atom. The lowest BCUT2D eigenvalue weighted by atomic mass is 10.2. The van der Waals surface area contributed by atoms with Gasteiger partial charge in [0.25, 0.3) is 10.0 Å². The molecule has 0 unspecified atom stereocenters. The van der Waals surface area contributed by atoms with Crippen LogP contribution in [0, 0.1) is 0 Å². The zero-order valence-corrected chi connectivity index (χ0v) is 16.4. The average molecular weight is 409 g/mol. The molecule has 1 N–H and O–H groups in total. The third-order valence-corrected chi connectivity index (χ3v) is 6.55. The zero-order valence-electron chi connectivity index (χ0n) is 14.8. The van der Waals surface area contributed by atoms with Gasteiger partial charge < -0.3 is 0 Å². The minimum atomic E-state index is -3.74. The van der Waals surface area contributed by atoms with Gasteiger partial charge in [-0.2, -0.15) is 0 Å². The summed E-state index contributed by atoms with van der Waals surface area (Å²) < 4.78 is 27.6. The van der Waals surface area contributed by atoms with Crippen LogP contribution >= 0.6 is 11.3 Å². The van der Waals surface area contributed by atoms with Crippen LogP contribution in [0.25, 0.3) is 20.9 Å². The molecular weight excluding hydrogens is 394 g/mol. The number of thiazole rings is 1. The molecule has 0 spiro atoms. The highest BCUT2D eigenvalue weighted by Crippen LogP contribution is 2.29. The molecule has 6 nitrogen and oxygen atoms in total. The second-order valence-electron chi connectivity index (χ2n) is 6.11. The van der Waals surface area contributed by atoms with E-state index in [1.54, 1.807) is 18.3 Å². The molecule has 2 aromatic heterocycles. The van der Waals surface area contributed by atoms with Crippen LogP contribution in [0.2, 0.25) is 0 Å². The van der Waals surface area contributed by atoms with Gasteiger partial charge in [-0.25, -0.2) is 18.4 Å². The van der Waals surface area contributed by atoms with E-state index in [9.17, 15) is 13.2 Å². The number of ketones is 1. The van der Waals surface area contributed by atoms with Crippen LogP contribution in [0.3, 0.4) is 0 Å². The molecule has 0 aliphatic rings. The number of fused-ring (bicyclic) bond motifs is 1. The lowest BCUT2D eigenvalue weighted by molar-refractivity contribution is 0.101. The summed E-state index contributed by atoms with van der Waals surface area (Å²) in [5, 5.41) is 0.822. The Morgan fingerprint density at radius 3 is 2.36 bits per heavy atom. The summed E-state index contributed by atoms with van der Waals surface area (Å²) >= 11 is 1.48. The molecule has 4 rings (SSSR count). The minimum absolute atomic E-state index is 0.0961. The Balaban J connectivity index is 1.55. The fraction of sp³-hybridized carbons (Fsp3) is 0.0500. The molecule has 0 amide bonds. The van der Waals surface area contributed by atoms with E-state index >= 15 is 0 Å². The molecule has 0 aliphatic carbocycles.